The summed E-state index contributed by atoms with van der Waals surface area (Å²) in [5.74, 6) is 2.48. The number of fused-ring (bicyclic) bond motifs is 2. The summed E-state index contributed by atoms with van der Waals surface area (Å²) in [6.45, 7) is 1.23. The molecule has 4 N–H and O–H groups in total. The highest BCUT2D eigenvalue weighted by Gasteiger charge is 2.16. The van der Waals surface area contributed by atoms with Crippen LogP contribution >= 0.6 is 0 Å². The molecule has 0 bridgehead atoms. The van der Waals surface area contributed by atoms with Crippen molar-refractivity contribution in [2.45, 2.75) is 13.0 Å². The van der Waals surface area contributed by atoms with E-state index in [9.17, 15) is 0 Å². The van der Waals surface area contributed by atoms with Gasteiger partial charge in [0.1, 0.15) is 35.3 Å². The Morgan fingerprint density at radius 2 is 1.71 bits per heavy atom. The van der Waals surface area contributed by atoms with E-state index < -0.39 is 0 Å². The van der Waals surface area contributed by atoms with E-state index in [2.05, 4.69) is 21.7 Å². The molecule has 5 rings (SSSR count). The van der Waals surface area contributed by atoms with Crippen molar-refractivity contribution in [3.05, 3.63) is 83.9 Å². The van der Waals surface area contributed by atoms with Gasteiger partial charge in [0, 0.05) is 18.9 Å². The number of rotatable bonds is 8. The molecule has 2 heterocycles. The van der Waals surface area contributed by atoms with E-state index >= 15 is 0 Å². The monoisotopic (exact) mass is 454 g/mol. The largest absolute Gasteiger partial charge is 0.489 e. The molecule has 8 heteroatoms. The SMILES string of the molecule is COCCOc1cccc2c(N)nc(Cc3ccccc3-n3c(CN)nc4ccccc43)nc12. The van der Waals surface area contributed by atoms with E-state index in [1.54, 1.807) is 7.11 Å². The van der Waals surface area contributed by atoms with Gasteiger partial charge in [-0.25, -0.2) is 15.0 Å². The molecule has 34 heavy (non-hydrogen) atoms. The Balaban J connectivity index is 1.58. The minimum Gasteiger partial charge on any atom is -0.489 e. The molecule has 0 saturated heterocycles. The number of nitrogens with two attached hydrogens (primary N) is 2. The van der Waals surface area contributed by atoms with Crippen LogP contribution in [0.15, 0.2) is 66.7 Å². The molecule has 0 unspecified atom stereocenters. The van der Waals surface area contributed by atoms with Crippen LogP contribution < -0.4 is 16.2 Å². The Labute approximate surface area is 197 Å². The van der Waals surface area contributed by atoms with E-state index in [0.29, 0.717) is 49.1 Å². The lowest BCUT2D eigenvalue weighted by Crippen LogP contribution is -2.10. The van der Waals surface area contributed by atoms with Gasteiger partial charge in [0.2, 0.25) is 0 Å². The Hall–Kier alpha value is -4.01. The summed E-state index contributed by atoms with van der Waals surface area (Å²) in [6.07, 6.45) is 0.485. The van der Waals surface area contributed by atoms with E-state index in [4.69, 9.17) is 30.9 Å². The minimum atomic E-state index is 0.324. The third-order valence-corrected chi connectivity index (χ3v) is 5.70. The first-order chi connectivity index (χ1) is 16.7. The second kappa shape index (κ2) is 9.46. The van der Waals surface area contributed by atoms with Gasteiger partial charge in [0.25, 0.3) is 0 Å². The van der Waals surface area contributed by atoms with Crippen molar-refractivity contribution >= 4 is 27.8 Å². The summed E-state index contributed by atoms with van der Waals surface area (Å²) in [5.41, 5.74) is 17.0. The number of hydrogen-bond acceptors (Lipinski definition) is 7. The third kappa shape index (κ3) is 4.05. The predicted molar refractivity (Wildman–Crippen MR) is 133 cm³/mol. The number of methoxy groups -OCH3 is 1. The second-order valence-electron chi connectivity index (χ2n) is 7.88. The fourth-order valence-electron chi connectivity index (χ4n) is 4.16. The zero-order valence-corrected chi connectivity index (χ0v) is 18.9. The zero-order valence-electron chi connectivity index (χ0n) is 18.9. The maximum atomic E-state index is 6.32. The van der Waals surface area contributed by atoms with Crippen LogP contribution in [0.5, 0.6) is 5.75 Å². The fourth-order valence-corrected chi connectivity index (χ4v) is 4.16. The van der Waals surface area contributed by atoms with Crippen molar-refractivity contribution in [3.63, 3.8) is 0 Å². The quantitative estimate of drug-likeness (QED) is 0.344. The summed E-state index contributed by atoms with van der Waals surface area (Å²) in [6, 6.07) is 21.8. The third-order valence-electron chi connectivity index (χ3n) is 5.70. The number of para-hydroxylation sites is 4. The molecule has 0 radical (unpaired) electrons. The van der Waals surface area contributed by atoms with Crippen molar-refractivity contribution in [2.24, 2.45) is 5.73 Å². The van der Waals surface area contributed by atoms with Gasteiger partial charge in [-0.05, 0) is 35.9 Å². The van der Waals surface area contributed by atoms with Crippen molar-refractivity contribution in [1.82, 2.24) is 19.5 Å². The molecule has 0 fully saturated rings. The van der Waals surface area contributed by atoms with E-state index in [1.165, 1.54) is 0 Å². The highest BCUT2D eigenvalue weighted by molar-refractivity contribution is 5.92. The van der Waals surface area contributed by atoms with Crippen molar-refractivity contribution in [3.8, 4) is 11.4 Å². The van der Waals surface area contributed by atoms with Gasteiger partial charge in [-0.15, -0.1) is 0 Å². The van der Waals surface area contributed by atoms with E-state index in [1.807, 2.05) is 54.6 Å². The summed E-state index contributed by atoms with van der Waals surface area (Å²) in [7, 11) is 1.64. The minimum absolute atomic E-state index is 0.324. The van der Waals surface area contributed by atoms with Crippen molar-refractivity contribution in [1.29, 1.82) is 0 Å². The number of imidazole rings is 1. The first-order valence-electron chi connectivity index (χ1n) is 11.1. The summed E-state index contributed by atoms with van der Waals surface area (Å²) >= 11 is 0. The maximum absolute atomic E-state index is 6.32. The van der Waals surface area contributed by atoms with Crippen molar-refractivity contribution in [2.75, 3.05) is 26.1 Å². The van der Waals surface area contributed by atoms with Crippen LogP contribution in [-0.2, 0) is 17.7 Å². The van der Waals surface area contributed by atoms with Gasteiger partial charge in [-0.2, -0.15) is 0 Å². The number of anilines is 1. The van der Waals surface area contributed by atoms with Gasteiger partial charge in [-0.3, -0.25) is 4.57 Å². The smallest absolute Gasteiger partial charge is 0.145 e. The number of hydrogen-bond donors (Lipinski definition) is 2. The van der Waals surface area contributed by atoms with Gasteiger partial charge in [-0.1, -0.05) is 36.4 Å². The molecule has 0 saturated carbocycles. The van der Waals surface area contributed by atoms with E-state index in [-0.39, 0.29) is 0 Å². The van der Waals surface area contributed by atoms with Crippen LogP contribution in [0, 0.1) is 0 Å². The molecule has 172 valence electrons. The first-order valence-corrected chi connectivity index (χ1v) is 11.1. The molecule has 0 aliphatic carbocycles. The van der Waals surface area contributed by atoms with Gasteiger partial charge >= 0.3 is 0 Å². The number of nitrogen functional groups attached to an aromatic ring is 1. The number of aromatic nitrogens is 4. The second-order valence-corrected chi connectivity index (χ2v) is 7.88. The lowest BCUT2D eigenvalue weighted by atomic mass is 10.1. The van der Waals surface area contributed by atoms with Crippen LogP contribution in [0.4, 0.5) is 5.82 Å². The topological polar surface area (TPSA) is 114 Å². The fraction of sp³-hybridized carbons (Fsp3) is 0.192. The predicted octanol–water partition coefficient (Wildman–Crippen LogP) is 3.63. The Bertz CT molecular complexity index is 1460. The summed E-state index contributed by atoms with van der Waals surface area (Å²) < 4.78 is 13.1. The molecule has 8 nitrogen and oxygen atoms in total. The van der Waals surface area contributed by atoms with Gasteiger partial charge < -0.3 is 20.9 Å². The zero-order chi connectivity index (χ0) is 23.5. The lowest BCUT2D eigenvalue weighted by Gasteiger charge is -2.14. The molecular formula is C26H26N6O2. The molecule has 0 aliphatic heterocycles. The average Bonchev–Trinajstić information content (AvgIpc) is 3.23. The van der Waals surface area contributed by atoms with Gasteiger partial charge in [0.05, 0.1) is 29.9 Å². The Kier molecular flexibility index (Phi) is 6.07. The van der Waals surface area contributed by atoms with E-state index in [0.717, 1.165) is 33.5 Å². The van der Waals surface area contributed by atoms with Crippen LogP contribution in [0.1, 0.15) is 17.2 Å². The van der Waals surface area contributed by atoms with Crippen LogP contribution in [-0.4, -0.2) is 39.8 Å². The normalized spacial score (nSPS) is 11.4. The molecule has 2 aromatic heterocycles. The number of benzene rings is 3. The molecule has 3 aromatic carbocycles. The standard InChI is InChI=1S/C26H26N6O2/c1-33-13-14-34-22-12-6-8-18-25(22)30-23(31-26(18)28)15-17-7-2-4-10-20(17)32-21-11-5-3-9-19(21)29-24(32)16-27/h2-12H,13-16,27H2,1H3,(H2,28,30,31). The van der Waals surface area contributed by atoms with Crippen LogP contribution in [0.3, 0.4) is 0 Å². The Morgan fingerprint density at radius 1 is 0.882 bits per heavy atom. The molecule has 0 spiro atoms. The number of ether oxygens (including phenoxy) is 2. The van der Waals surface area contributed by atoms with Crippen molar-refractivity contribution < 1.29 is 9.47 Å². The highest BCUT2D eigenvalue weighted by atomic mass is 16.5. The molecule has 0 atom stereocenters. The Morgan fingerprint density at radius 3 is 2.56 bits per heavy atom. The highest BCUT2D eigenvalue weighted by Crippen LogP contribution is 2.29. The lowest BCUT2D eigenvalue weighted by molar-refractivity contribution is 0.147. The van der Waals surface area contributed by atoms with Crippen LogP contribution in [0.25, 0.3) is 27.6 Å². The molecular weight excluding hydrogens is 428 g/mol. The molecule has 0 amide bonds. The molecule has 5 aromatic rings. The first kappa shape index (κ1) is 21.8. The summed E-state index contributed by atoms with van der Waals surface area (Å²) in [5, 5.41) is 0.762. The number of nitrogens with zero attached hydrogens (tertiary/aromatic N) is 4. The summed E-state index contributed by atoms with van der Waals surface area (Å²) in [4.78, 5) is 14.1. The maximum Gasteiger partial charge on any atom is 0.145 e. The van der Waals surface area contributed by atoms with Gasteiger partial charge in [0.15, 0.2) is 0 Å². The van der Waals surface area contributed by atoms with Crippen LogP contribution in [0.2, 0.25) is 0 Å². The average molecular weight is 455 g/mol. The molecule has 0 aliphatic rings.